The van der Waals surface area contributed by atoms with Crippen LogP contribution < -0.4 is 4.74 Å². The summed E-state index contributed by atoms with van der Waals surface area (Å²) in [5.74, 6) is -5.16. The summed E-state index contributed by atoms with van der Waals surface area (Å²) in [7, 11) is 0. The minimum Gasteiger partial charge on any atom is -0.504 e. The van der Waals surface area contributed by atoms with Crippen molar-refractivity contribution in [3.05, 3.63) is 35.4 Å². The predicted octanol–water partition coefficient (Wildman–Crippen LogP) is -1.25. The van der Waals surface area contributed by atoms with E-state index in [2.05, 4.69) is 0 Å². The quantitative estimate of drug-likeness (QED) is 0.178. The number of aliphatic hydroxyl groups excluding tert-OH is 4. The number of carbonyl (C=O) groups is 1. The molecule has 0 spiro atoms. The molecule has 1 heterocycles. The van der Waals surface area contributed by atoms with Crippen molar-refractivity contribution in [2.45, 2.75) is 37.3 Å². The zero-order valence-electron chi connectivity index (χ0n) is 16.8. The van der Waals surface area contributed by atoms with Crippen LogP contribution in [0.2, 0.25) is 0 Å². The van der Waals surface area contributed by atoms with Crippen LogP contribution in [0, 0.1) is 0 Å². The van der Waals surface area contributed by atoms with Gasteiger partial charge in [-0.1, -0.05) is 0 Å². The number of phenols is 5. The molecule has 13 heteroatoms. The largest absolute Gasteiger partial charge is 0.504 e. The van der Waals surface area contributed by atoms with Gasteiger partial charge in [-0.15, -0.1) is 0 Å². The minimum atomic E-state index is -1.78. The lowest BCUT2D eigenvalue weighted by molar-refractivity contribution is -0.277. The van der Waals surface area contributed by atoms with Crippen molar-refractivity contribution in [2.75, 3.05) is 6.61 Å². The molecular formula is C20H22O13. The standard InChI is InChI=1S/C20H22O13/c21-5-13-15(27)16(28)17(29)20(32-13)33-18-11(24)1-7(2-12(18)25)6-31-19(30)8-3-9(22)14(26)10(23)4-8/h1-4,13,15-17,20-29H,5-6H2/t13-,15-,16-,17-,20+/m1/s1. The first kappa shape index (κ1) is 24.2. The van der Waals surface area contributed by atoms with E-state index in [9.17, 15) is 50.8 Å². The third kappa shape index (κ3) is 4.97. The molecule has 0 radical (unpaired) electrons. The highest BCUT2D eigenvalue weighted by atomic mass is 16.7. The van der Waals surface area contributed by atoms with Gasteiger partial charge in [-0.2, -0.15) is 0 Å². The Morgan fingerprint density at radius 1 is 0.848 bits per heavy atom. The van der Waals surface area contributed by atoms with Crippen molar-refractivity contribution in [1.29, 1.82) is 0 Å². The molecular weight excluding hydrogens is 448 g/mol. The summed E-state index contributed by atoms with van der Waals surface area (Å²) in [4.78, 5) is 12.1. The maximum atomic E-state index is 12.1. The third-order valence-electron chi connectivity index (χ3n) is 4.87. The van der Waals surface area contributed by atoms with Gasteiger partial charge in [0.05, 0.1) is 12.2 Å². The van der Waals surface area contributed by atoms with Gasteiger partial charge in [0, 0.05) is 0 Å². The maximum Gasteiger partial charge on any atom is 0.338 e. The van der Waals surface area contributed by atoms with Gasteiger partial charge in [0.25, 0.3) is 0 Å². The molecule has 13 nitrogen and oxygen atoms in total. The second-order valence-electron chi connectivity index (χ2n) is 7.22. The fraction of sp³-hybridized carbons (Fsp3) is 0.350. The summed E-state index contributed by atoms with van der Waals surface area (Å²) in [6, 6.07) is 3.84. The lowest BCUT2D eigenvalue weighted by atomic mass is 9.99. The van der Waals surface area contributed by atoms with E-state index in [0.717, 1.165) is 24.3 Å². The molecule has 180 valence electrons. The van der Waals surface area contributed by atoms with E-state index in [1.807, 2.05) is 0 Å². The normalized spacial score (nSPS) is 24.9. The zero-order valence-corrected chi connectivity index (χ0v) is 16.8. The zero-order chi connectivity index (χ0) is 24.4. The molecule has 0 amide bonds. The molecule has 0 aliphatic carbocycles. The molecule has 33 heavy (non-hydrogen) atoms. The Kier molecular flexibility index (Phi) is 7.00. The summed E-state index contributed by atoms with van der Waals surface area (Å²) < 4.78 is 15.4. The van der Waals surface area contributed by atoms with Crippen molar-refractivity contribution >= 4 is 5.97 Å². The summed E-state index contributed by atoms with van der Waals surface area (Å²) in [5, 5.41) is 87.5. The number of carbonyl (C=O) groups excluding carboxylic acids is 1. The Hall–Kier alpha value is -3.49. The van der Waals surface area contributed by atoms with E-state index in [1.165, 1.54) is 0 Å². The van der Waals surface area contributed by atoms with Crippen LogP contribution in [0.25, 0.3) is 0 Å². The lowest BCUT2D eigenvalue weighted by Gasteiger charge is -2.39. The van der Waals surface area contributed by atoms with Gasteiger partial charge < -0.3 is 60.2 Å². The number of hydrogen-bond donors (Lipinski definition) is 9. The average Bonchev–Trinajstić information content (AvgIpc) is 2.77. The molecule has 1 aliphatic heterocycles. The molecule has 9 N–H and O–H groups in total. The summed E-state index contributed by atoms with van der Waals surface area (Å²) >= 11 is 0. The first-order valence-corrected chi connectivity index (χ1v) is 9.47. The number of ether oxygens (including phenoxy) is 3. The molecule has 2 aromatic carbocycles. The van der Waals surface area contributed by atoms with Gasteiger partial charge in [0.1, 0.15) is 31.0 Å². The predicted molar refractivity (Wildman–Crippen MR) is 105 cm³/mol. The van der Waals surface area contributed by atoms with Crippen LogP contribution >= 0.6 is 0 Å². The second kappa shape index (κ2) is 9.56. The second-order valence-corrected chi connectivity index (χ2v) is 7.22. The molecule has 1 fully saturated rings. The number of phenolic OH excluding ortho intramolecular Hbond substituents is 5. The molecule has 1 saturated heterocycles. The van der Waals surface area contributed by atoms with E-state index < -0.39 is 84.4 Å². The van der Waals surface area contributed by atoms with Gasteiger partial charge in [-0.3, -0.25) is 0 Å². The van der Waals surface area contributed by atoms with E-state index >= 15 is 0 Å². The van der Waals surface area contributed by atoms with Crippen LogP contribution in [0.3, 0.4) is 0 Å². The van der Waals surface area contributed by atoms with Gasteiger partial charge in [0.15, 0.2) is 28.7 Å². The fourth-order valence-corrected chi connectivity index (χ4v) is 3.09. The van der Waals surface area contributed by atoms with E-state index in [4.69, 9.17) is 14.2 Å². The van der Waals surface area contributed by atoms with Crippen LogP contribution in [0.4, 0.5) is 0 Å². The van der Waals surface area contributed by atoms with Crippen LogP contribution in [-0.2, 0) is 16.1 Å². The van der Waals surface area contributed by atoms with Crippen molar-refractivity contribution < 1.29 is 65.0 Å². The summed E-state index contributed by atoms with van der Waals surface area (Å²) in [6.07, 6.45) is -8.06. The molecule has 0 bridgehead atoms. The molecule has 0 saturated carbocycles. The van der Waals surface area contributed by atoms with Gasteiger partial charge in [-0.25, -0.2) is 4.79 Å². The lowest BCUT2D eigenvalue weighted by Crippen LogP contribution is -2.60. The SMILES string of the molecule is O=C(OCc1cc(O)c(O[C@@H]2O[C@H](CO)[C@@H](O)[C@@H](O)[C@H]2O)c(O)c1)c1cc(O)c(O)c(O)c1. The summed E-state index contributed by atoms with van der Waals surface area (Å²) in [6.45, 7) is -1.17. The fourth-order valence-electron chi connectivity index (χ4n) is 3.09. The van der Waals surface area contributed by atoms with Gasteiger partial charge >= 0.3 is 5.97 Å². The summed E-state index contributed by atoms with van der Waals surface area (Å²) in [5.41, 5.74) is -0.189. The third-order valence-corrected chi connectivity index (χ3v) is 4.87. The van der Waals surface area contributed by atoms with Crippen molar-refractivity contribution in [2.24, 2.45) is 0 Å². The highest BCUT2D eigenvalue weighted by molar-refractivity contribution is 5.91. The van der Waals surface area contributed by atoms with Crippen molar-refractivity contribution in [3.63, 3.8) is 0 Å². The first-order chi connectivity index (χ1) is 15.5. The maximum absolute atomic E-state index is 12.1. The average molecular weight is 470 g/mol. The number of aliphatic hydroxyl groups is 4. The van der Waals surface area contributed by atoms with Crippen LogP contribution in [0.15, 0.2) is 24.3 Å². The molecule has 1 aliphatic rings. The van der Waals surface area contributed by atoms with Crippen LogP contribution in [0.5, 0.6) is 34.5 Å². The minimum absolute atomic E-state index is 0.0896. The topological polar surface area (TPSA) is 227 Å². The first-order valence-electron chi connectivity index (χ1n) is 9.47. The number of hydrogen-bond acceptors (Lipinski definition) is 13. The Morgan fingerprint density at radius 2 is 1.42 bits per heavy atom. The highest BCUT2D eigenvalue weighted by Crippen LogP contribution is 2.40. The number of esters is 1. The smallest absolute Gasteiger partial charge is 0.338 e. The number of rotatable bonds is 6. The Labute approximate surface area is 185 Å². The molecule has 5 atom stereocenters. The highest BCUT2D eigenvalue weighted by Gasteiger charge is 2.45. The van der Waals surface area contributed by atoms with E-state index in [1.54, 1.807) is 0 Å². The van der Waals surface area contributed by atoms with E-state index in [0.29, 0.717) is 0 Å². The van der Waals surface area contributed by atoms with Gasteiger partial charge in [0.2, 0.25) is 12.0 Å². The van der Waals surface area contributed by atoms with E-state index in [-0.39, 0.29) is 11.1 Å². The van der Waals surface area contributed by atoms with Crippen LogP contribution in [-0.4, -0.2) is 89.2 Å². The molecule has 3 rings (SSSR count). The number of aromatic hydroxyl groups is 5. The molecule has 0 unspecified atom stereocenters. The Balaban J connectivity index is 1.71. The number of benzene rings is 2. The molecule has 2 aromatic rings. The van der Waals surface area contributed by atoms with Gasteiger partial charge in [-0.05, 0) is 29.8 Å². The molecule has 0 aromatic heterocycles. The van der Waals surface area contributed by atoms with Crippen LogP contribution in [0.1, 0.15) is 15.9 Å². The monoisotopic (exact) mass is 470 g/mol. The van der Waals surface area contributed by atoms with Crippen molar-refractivity contribution in [1.82, 2.24) is 0 Å². The Morgan fingerprint density at radius 3 is 1.97 bits per heavy atom. The van der Waals surface area contributed by atoms with Crippen molar-refractivity contribution in [3.8, 4) is 34.5 Å². The Bertz CT molecular complexity index is 975.